The Bertz CT molecular complexity index is 996. The van der Waals surface area contributed by atoms with Crippen molar-refractivity contribution in [3.05, 3.63) is 64.9 Å². The second kappa shape index (κ2) is 8.09. The molecule has 9 nitrogen and oxygen atoms in total. The number of non-ortho nitro benzene ring substituents is 1. The SMILES string of the molecule is O=C(Nc1cccc([N+](=O)[O-])c1)C1CCN(c2ccc(-c3ccco3)nn2)CC1. The summed E-state index contributed by atoms with van der Waals surface area (Å²) in [5.74, 6) is 1.16. The molecule has 3 heterocycles. The largest absolute Gasteiger partial charge is 0.463 e. The fraction of sp³-hybridized carbons (Fsp3) is 0.250. The Labute approximate surface area is 166 Å². The average molecular weight is 393 g/mol. The molecule has 2 aromatic heterocycles. The lowest BCUT2D eigenvalue weighted by Crippen LogP contribution is -2.38. The highest BCUT2D eigenvalue weighted by molar-refractivity contribution is 5.93. The van der Waals surface area contributed by atoms with Crippen LogP contribution in [0.4, 0.5) is 17.2 Å². The van der Waals surface area contributed by atoms with Gasteiger partial charge < -0.3 is 14.6 Å². The Kier molecular flexibility index (Phi) is 5.19. The van der Waals surface area contributed by atoms with Crippen molar-refractivity contribution >= 4 is 23.1 Å². The Morgan fingerprint density at radius 3 is 2.62 bits per heavy atom. The number of hydrogen-bond acceptors (Lipinski definition) is 7. The van der Waals surface area contributed by atoms with E-state index in [1.165, 1.54) is 12.1 Å². The summed E-state index contributed by atoms with van der Waals surface area (Å²) in [6.07, 6.45) is 2.93. The molecule has 0 spiro atoms. The van der Waals surface area contributed by atoms with Gasteiger partial charge in [-0.15, -0.1) is 10.2 Å². The highest BCUT2D eigenvalue weighted by Crippen LogP contribution is 2.25. The molecule has 1 fully saturated rings. The van der Waals surface area contributed by atoms with Crippen molar-refractivity contribution in [3.63, 3.8) is 0 Å². The Morgan fingerprint density at radius 2 is 1.97 bits per heavy atom. The first-order valence-electron chi connectivity index (χ1n) is 9.28. The number of hydrogen-bond donors (Lipinski definition) is 1. The molecular formula is C20H19N5O4. The molecule has 0 unspecified atom stereocenters. The Morgan fingerprint density at radius 1 is 1.14 bits per heavy atom. The van der Waals surface area contributed by atoms with Gasteiger partial charge in [-0.25, -0.2) is 0 Å². The molecule has 1 N–H and O–H groups in total. The lowest BCUT2D eigenvalue weighted by atomic mass is 9.96. The van der Waals surface area contributed by atoms with E-state index >= 15 is 0 Å². The molecule has 0 bridgehead atoms. The first-order valence-corrected chi connectivity index (χ1v) is 9.28. The molecule has 1 amide bonds. The number of anilines is 2. The third-order valence-corrected chi connectivity index (χ3v) is 4.94. The van der Waals surface area contributed by atoms with Crippen molar-refractivity contribution in [3.8, 4) is 11.5 Å². The first kappa shape index (κ1) is 18.6. The van der Waals surface area contributed by atoms with Gasteiger partial charge in [0.1, 0.15) is 5.69 Å². The van der Waals surface area contributed by atoms with Gasteiger partial charge in [0.15, 0.2) is 11.6 Å². The summed E-state index contributed by atoms with van der Waals surface area (Å²) >= 11 is 0. The van der Waals surface area contributed by atoms with E-state index in [9.17, 15) is 14.9 Å². The van der Waals surface area contributed by atoms with Crippen molar-refractivity contribution in [1.29, 1.82) is 0 Å². The normalized spacial score (nSPS) is 14.6. The number of piperidine rings is 1. The number of furan rings is 1. The van der Waals surface area contributed by atoms with E-state index < -0.39 is 4.92 Å². The van der Waals surface area contributed by atoms with Crippen LogP contribution in [0.2, 0.25) is 0 Å². The van der Waals surface area contributed by atoms with Gasteiger partial charge in [0, 0.05) is 36.8 Å². The topological polar surface area (TPSA) is 114 Å². The highest BCUT2D eigenvalue weighted by atomic mass is 16.6. The molecule has 9 heteroatoms. The zero-order valence-electron chi connectivity index (χ0n) is 15.5. The van der Waals surface area contributed by atoms with Crippen LogP contribution in [0.5, 0.6) is 0 Å². The molecule has 4 rings (SSSR count). The summed E-state index contributed by atoms with van der Waals surface area (Å²) in [5, 5.41) is 22.1. The second-order valence-electron chi connectivity index (χ2n) is 6.81. The second-order valence-corrected chi connectivity index (χ2v) is 6.81. The molecule has 0 atom stereocenters. The quantitative estimate of drug-likeness (QED) is 0.521. The number of nitro benzene ring substituents is 1. The van der Waals surface area contributed by atoms with Gasteiger partial charge in [-0.1, -0.05) is 6.07 Å². The van der Waals surface area contributed by atoms with E-state index in [1.54, 1.807) is 24.5 Å². The molecule has 0 aliphatic carbocycles. The zero-order valence-corrected chi connectivity index (χ0v) is 15.5. The van der Waals surface area contributed by atoms with Crippen LogP contribution in [0.25, 0.3) is 11.5 Å². The monoisotopic (exact) mass is 393 g/mol. The van der Waals surface area contributed by atoms with Gasteiger partial charge in [-0.05, 0) is 43.2 Å². The number of carbonyl (C=O) groups is 1. The van der Waals surface area contributed by atoms with Crippen molar-refractivity contribution in [2.24, 2.45) is 5.92 Å². The van der Waals surface area contributed by atoms with Crippen LogP contribution in [0.1, 0.15) is 12.8 Å². The van der Waals surface area contributed by atoms with Crippen LogP contribution in [0.3, 0.4) is 0 Å². The summed E-state index contributed by atoms with van der Waals surface area (Å²) in [6.45, 7) is 1.36. The Hall–Kier alpha value is -3.75. The average Bonchev–Trinajstić information content (AvgIpc) is 3.29. The summed E-state index contributed by atoms with van der Waals surface area (Å²) in [5.41, 5.74) is 1.06. The van der Waals surface area contributed by atoms with Crippen LogP contribution in [-0.2, 0) is 4.79 Å². The van der Waals surface area contributed by atoms with E-state index in [2.05, 4.69) is 20.4 Å². The lowest BCUT2D eigenvalue weighted by molar-refractivity contribution is -0.384. The number of amides is 1. The van der Waals surface area contributed by atoms with Crippen molar-refractivity contribution in [2.75, 3.05) is 23.3 Å². The minimum absolute atomic E-state index is 0.0470. The van der Waals surface area contributed by atoms with Gasteiger partial charge in [0.25, 0.3) is 5.69 Å². The molecule has 3 aromatic rings. The van der Waals surface area contributed by atoms with Gasteiger partial charge in [0.05, 0.1) is 11.2 Å². The number of carbonyl (C=O) groups excluding carboxylic acids is 1. The molecule has 1 aliphatic heterocycles. The van der Waals surface area contributed by atoms with Crippen LogP contribution in [0, 0.1) is 16.0 Å². The molecule has 0 saturated carbocycles. The van der Waals surface area contributed by atoms with Gasteiger partial charge >= 0.3 is 0 Å². The predicted octanol–water partition coefficient (Wildman–Crippen LogP) is 3.50. The standard InChI is InChI=1S/C20H19N5O4/c26-20(21-15-3-1-4-16(13-15)25(27)28)14-8-10-24(11-9-14)19-7-6-17(22-23-19)18-5-2-12-29-18/h1-7,12-14H,8-11H2,(H,21,26). The first-order chi connectivity index (χ1) is 14.1. The van der Waals surface area contributed by atoms with Crippen molar-refractivity contribution in [2.45, 2.75) is 12.8 Å². The number of aromatic nitrogens is 2. The van der Waals surface area contributed by atoms with Crippen LogP contribution in [-0.4, -0.2) is 34.1 Å². The fourth-order valence-electron chi connectivity index (χ4n) is 3.36. The van der Waals surface area contributed by atoms with Gasteiger partial charge in [0.2, 0.25) is 5.91 Å². The van der Waals surface area contributed by atoms with Crippen molar-refractivity contribution in [1.82, 2.24) is 10.2 Å². The summed E-state index contributed by atoms with van der Waals surface area (Å²) in [6, 6.07) is 13.4. The third kappa shape index (κ3) is 4.23. The number of nitrogens with one attached hydrogen (secondary N) is 1. The molecular weight excluding hydrogens is 374 g/mol. The van der Waals surface area contributed by atoms with E-state index in [0.717, 1.165) is 5.82 Å². The summed E-state index contributed by atoms with van der Waals surface area (Å²) in [7, 11) is 0. The van der Waals surface area contributed by atoms with Crippen LogP contribution >= 0.6 is 0 Å². The molecule has 1 aromatic carbocycles. The molecule has 0 radical (unpaired) electrons. The number of nitro groups is 1. The minimum atomic E-state index is -0.480. The highest BCUT2D eigenvalue weighted by Gasteiger charge is 2.26. The number of rotatable bonds is 5. The third-order valence-electron chi connectivity index (χ3n) is 4.94. The van der Waals surface area contributed by atoms with Gasteiger partial charge in [-0.3, -0.25) is 14.9 Å². The Balaban J connectivity index is 1.33. The molecule has 29 heavy (non-hydrogen) atoms. The molecule has 1 aliphatic rings. The van der Waals surface area contributed by atoms with Crippen molar-refractivity contribution < 1.29 is 14.1 Å². The summed E-state index contributed by atoms with van der Waals surface area (Å²) < 4.78 is 5.32. The van der Waals surface area contributed by atoms with Crippen LogP contribution < -0.4 is 10.2 Å². The van der Waals surface area contributed by atoms with Gasteiger partial charge in [-0.2, -0.15) is 0 Å². The van der Waals surface area contributed by atoms with E-state index in [-0.39, 0.29) is 17.5 Å². The minimum Gasteiger partial charge on any atom is -0.463 e. The summed E-state index contributed by atoms with van der Waals surface area (Å²) in [4.78, 5) is 25.0. The zero-order chi connectivity index (χ0) is 20.2. The fourth-order valence-corrected chi connectivity index (χ4v) is 3.36. The number of benzene rings is 1. The van der Waals surface area contributed by atoms with E-state index in [1.807, 2.05) is 18.2 Å². The number of nitrogens with zero attached hydrogens (tertiary/aromatic N) is 4. The smallest absolute Gasteiger partial charge is 0.271 e. The lowest BCUT2D eigenvalue weighted by Gasteiger charge is -2.31. The maximum Gasteiger partial charge on any atom is 0.271 e. The maximum absolute atomic E-state index is 12.5. The van der Waals surface area contributed by atoms with Crippen LogP contribution in [0.15, 0.2) is 59.2 Å². The maximum atomic E-state index is 12.5. The van der Waals surface area contributed by atoms with E-state index in [0.29, 0.717) is 43.1 Å². The molecule has 148 valence electrons. The molecule has 1 saturated heterocycles. The van der Waals surface area contributed by atoms with E-state index in [4.69, 9.17) is 4.42 Å². The predicted molar refractivity (Wildman–Crippen MR) is 106 cm³/mol.